The van der Waals surface area contributed by atoms with Gasteiger partial charge in [0.25, 0.3) is 0 Å². The molecule has 0 radical (unpaired) electrons. The Morgan fingerprint density at radius 2 is 2.00 bits per heavy atom. The molecule has 0 spiro atoms. The third-order valence-corrected chi connectivity index (χ3v) is 7.33. The highest BCUT2D eigenvalue weighted by Crippen LogP contribution is 2.40. The van der Waals surface area contributed by atoms with Crippen LogP contribution in [0.3, 0.4) is 0 Å². The summed E-state index contributed by atoms with van der Waals surface area (Å²) in [6.07, 6.45) is 6.28. The number of piperidine rings is 1. The highest BCUT2D eigenvalue weighted by molar-refractivity contribution is 6.34. The first-order chi connectivity index (χ1) is 17.5. The fourth-order valence-electron chi connectivity index (χ4n) is 5.30. The van der Waals surface area contributed by atoms with Gasteiger partial charge in [-0.2, -0.15) is 5.10 Å². The SMILES string of the molecule is Fc1ccc(F)c([C@H]2C[C@H](F)CN2c2ccc3ncc(Cl)c(-c4cnn(C5CCCNC5)c4)c3n2)c1. The van der Waals surface area contributed by atoms with Crippen molar-refractivity contribution in [1.29, 1.82) is 0 Å². The van der Waals surface area contributed by atoms with E-state index in [0.717, 1.165) is 49.7 Å². The molecule has 5 heterocycles. The van der Waals surface area contributed by atoms with Gasteiger partial charge < -0.3 is 10.2 Å². The van der Waals surface area contributed by atoms with E-state index in [9.17, 15) is 13.2 Å². The van der Waals surface area contributed by atoms with Gasteiger partial charge in [-0.3, -0.25) is 9.67 Å². The lowest BCUT2D eigenvalue weighted by molar-refractivity contribution is 0.347. The zero-order valence-corrected chi connectivity index (χ0v) is 20.1. The number of rotatable bonds is 4. The summed E-state index contributed by atoms with van der Waals surface area (Å²) in [6.45, 7) is 1.88. The van der Waals surface area contributed by atoms with Crippen molar-refractivity contribution in [2.24, 2.45) is 0 Å². The number of pyridine rings is 2. The summed E-state index contributed by atoms with van der Waals surface area (Å²) >= 11 is 6.61. The average molecular weight is 513 g/mol. The summed E-state index contributed by atoms with van der Waals surface area (Å²) in [5.74, 6) is -0.689. The van der Waals surface area contributed by atoms with Crippen LogP contribution in [0.1, 0.15) is 36.9 Å². The summed E-state index contributed by atoms with van der Waals surface area (Å²) in [5.41, 5.74) is 2.77. The molecule has 2 fully saturated rings. The van der Waals surface area contributed by atoms with Gasteiger partial charge in [-0.15, -0.1) is 0 Å². The molecular formula is C26H24ClF3N6. The van der Waals surface area contributed by atoms with Gasteiger partial charge in [-0.25, -0.2) is 18.2 Å². The number of hydrogen-bond donors (Lipinski definition) is 1. The molecule has 1 aromatic carbocycles. The van der Waals surface area contributed by atoms with E-state index in [-0.39, 0.29) is 24.6 Å². The maximum absolute atomic E-state index is 14.6. The Labute approximate surface area is 211 Å². The van der Waals surface area contributed by atoms with Crippen molar-refractivity contribution in [2.45, 2.75) is 37.5 Å². The Kier molecular flexibility index (Phi) is 6.05. The summed E-state index contributed by atoms with van der Waals surface area (Å²) < 4.78 is 45.1. The molecule has 0 saturated carbocycles. The van der Waals surface area contributed by atoms with E-state index in [2.05, 4.69) is 15.4 Å². The molecule has 6 rings (SSSR count). The topological polar surface area (TPSA) is 58.9 Å². The molecule has 36 heavy (non-hydrogen) atoms. The molecule has 3 aromatic heterocycles. The monoisotopic (exact) mass is 512 g/mol. The number of nitrogens with zero attached hydrogens (tertiary/aromatic N) is 5. The van der Waals surface area contributed by atoms with Crippen LogP contribution >= 0.6 is 11.6 Å². The first kappa shape index (κ1) is 23.2. The Balaban J connectivity index is 1.42. The van der Waals surface area contributed by atoms with Crippen LogP contribution in [0.5, 0.6) is 0 Å². The van der Waals surface area contributed by atoms with Crippen molar-refractivity contribution in [1.82, 2.24) is 25.1 Å². The van der Waals surface area contributed by atoms with Crippen molar-refractivity contribution < 1.29 is 13.2 Å². The Morgan fingerprint density at radius 1 is 1.11 bits per heavy atom. The van der Waals surface area contributed by atoms with E-state index < -0.39 is 23.8 Å². The Hall–Kier alpha value is -3.17. The minimum Gasteiger partial charge on any atom is -0.346 e. The van der Waals surface area contributed by atoms with Crippen molar-refractivity contribution in [2.75, 3.05) is 24.5 Å². The summed E-state index contributed by atoms with van der Waals surface area (Å²) in [6, 6.07) is 6.36. The van der Waals surface area contributed by atoms with E-state index in [0.29, 0.717) is 27.4 Å². The molecule has 3 atom stereocenters. The lowest BCUT2D eigenvalue weighted by atomic mass is 10.0. The largest absolute Gasteiger partial charge is 0.346 e. The number of aromatic nitrogens is 4. The van der Waals surface area contributed by atoms with Gasteiger partial charge in [0.05, 0.1) is 35.4 Å². The second kappa shape index (κ2) is 9.37. The number of anilines is 1. The summed E-state index contributed by atoms with van der Waals surface area (Å²) in [7, 11) is 0. The molecule has 186 valence electrons. The van der Waals surface area contributed by atoms with Gasteiger partial charge in [0.1, 0.15) is 29.1 Å². The molecule has 2 saturated heterocycles. The normalized spacial score (nSPS) is 22.4. The van der Waals surface area contributed by atoms with Crippen LogP contribution < -0.4 is 10.2 Å². The Morgan fingerprint density at radius 3 is 2.83 bits per heavy atom. The zero-order valence-electron chi connectivity index (χ0n) is 19.3. The quantitative estimate of drug-likeness (QED) is 0.383. The second-order valence-corrected chi connectivity index (χ2v) is 9.80. The molecule has 0 aliphatic carbocycles. The van der Waals surface area contributed by atoms with Crippen LogP contribution in [0, 0.1) is 11.6 Å². The van der Waals surface area contributed by atoms with Gasteiger partial charge in [-0.05, 0) is 49.7 Å². The van der Waals surface area contributed by atoms with Crippen molar-refractivity contribution in [3.05, 3.63) is 71.1 Å². The lowest BCUT2D eigenvalue weighted by Crippen LogP contribution is -2.31. The van der Waals surface area contributed by atoms with Crippen LogP contribution in [-0.2, 0) is 0 Å². The molecule has 2 aliphatic rings. The first-order valence-electron chi connectivity index (χ1n) is 12.0. The molecule has 0 bridgehead atoms. The molecule has 2 aliphatic heterocycles. The summed E-state index contributed by atoms with van der Waals surface area (Å²) in [5, 5.41) is 8.39. The third-order valence-electron chi connectivity index (χ3n) is 7.05. The van der Waals surface area contributed by atoms with Gasteiger partial charge in [0.2, 0.25) is 0 Å². The van der Waals surface area contributed by atoms with Crippen LogP contribution in [-0.4, -0.2) is 45.6 Å². The molecule has 1 N–H and O–H groups in total. The number of hydrogen-bond acceptors (Lipinski definition) is 5. The third kappa shape index (κ3) is 4.20. The first-order valence-corrected chi connectivity index (χ1v) is 12.4. The summed E-state index contributed by atoms with van der Waals surface area (Å²) in [4.78, 5) is 10.9. The van der Waals surface area contributed by atoms with Gasteiger partial charge in [0.15, 0.2) is 0 Å². The highest BCUT2D eigenvalue weighted by atomic mass is 35.5. The Bertz CT molecular complexity index is 1420. The highest BCUT2D eigenvalue weighted by Gasteiger charge is 2.36. The van der Waals surface area contributed by atoms with Crippen LogP contribution in [0.25, 0.3) is 22.2 Å². The zero-order chi connectivity index (χ0) is 24.8. The van der Waals surface area contributed by atoms with E-state index in [4.69, 9.17) is 16.6 Å². The van der Waals surface area contributed by atoms with Gasteiger partial charge in [0, 0.05) is 42.0 Å². The standard InChI is InChI=1S/C26H24ClF3N6/c27-20-12-32-22-5-6-24(35-14-17(29)9-23(35)19-8-16(28)3-4-21(19)30)34-26(22)25(20)15-10-33-36(13-15)18-2-1-7-31-11-18/h3-6,8,10,12-13,17-18,23,31H,1-2,7,9,11,14H2/t17-,18?,23+/m0/s1. The maximum atomic E-state index is 14.6. The predicted molar refractivity (Wildman–Crippen MR) is 133 cm³/mol. The fraction of sp³-hybridized carbons (Fsp3) is 0.346. The van der Waals surface area contributed by atoms with Gasteiger partial charge in [-0.1, -0.05) is 11.6 Å². The average Bonchev–Trinajstić information content (AvgIpc) is 3.53. The van der Waals surface area contributed by atoms with Gasteiger partial charge >= 0.3 is 0 Å². The smallest absolute Gasteiger partial charge is 0.130 e. The van der Waals surface area contributed by atoms with Crippen LogP contribution in [0.2, 0.25) is 5.02 Å². The number of benzene rings is 1. The lowest BCUT2D eigenvalue weighted by Gasteiger charge is -2.26. The molecule has 0 amide bonds. The molecule has 6 nitrogen and oxygen atoms in total. The minimum absolute atomic E-state index is 0.0229. The molecular weight excluding hydrogens is 489 g/mol. The van der Waals surface area contributed by atoms with E-state index in [1.165, 1.54) is 0 Å². The van der Waals surface area contributed by atoms with E-state index in [1.807, 2.05) is 10.9 Å². The number of fused-ring (bicyclic) bond motifs is 1. The predicted octanol–water partition coefficient (Wildman–Crippen LogP) is 5.64. The number of alkyl halides is 1. The molecule has 4 aromatic rings. The van der Waals surface area contributed by atoms with Crippen molar-refractivity contribution in [3.63, 3.8) is 0 Å². The van der Waals surface area contributed by atoms with E-state index in [1.54, 1.807) is 29.4 Å². The molecule has 10 heteroatoms. The van der Waals surface area contributed by atoms with Crippen LogP contribution in [0.4, 0.5) is 19.0 Å². The van der Waals surface area contributed by atoms with Crippen LogP contribution in [0.15, 0.2) is 48.9 Å². The second-order valence-electron chi connectivity index (χ2n) is 9.39. The number of halogens is 4. The van der Waals surface area contributed by atoms with Crippen molar-refractivity contribution in [3.8, 4) is 11.1 Å². The van der Waals surface area contributed by atoms with E-state index >= 15 is 0 Å². The maximum Gasteiger partial charge on any atom is 0.130 e. The minimum atomic E-state index is -1.20. The fourth-order valence-corrected chi connectivity index (χ4v) is 5.54. The molecule has 1 unspecified atom stereocenters. The number of nitrogens with one attached hydrogen (secondary N) is 1. The van der Waals surface area contributed by atoms with Crippen molar-refractivity contribution >= 4 is 28.5 Å².